The maximum atomic E-state index is 8.84. The summed E-state index contributed by atoms with van der Waals surface area (Å²) < 4.78 is 2.02. The van der Waals surface area contributed by atoms with Gasteiger partial charge in [0.1, 0.15) is 11.6 Å². The molecule has 0 aliphatic heterocycles. The van der Waals surface area contributed by atoms with Gasteiger partial charge in [-0.2, -0.15) is 5.26 Å². The van der Waals surface area contributed by atoms with Crippen molar-refractivity contribution in [3.05, 3.63) is 18.1 Å². The minimum Gasteiger partial charge on any atom is -0.396 e. The molecule has 1 aliphatic rings. The Labute approximate surface area is 86.2 Å². The summed E-state index contributed by atoms with van der Waals surface area (Å²) in [6.45, 7) is 0. The number of aromatic nitrogens is 3. The molecule has 2 aromatic rings. The normalized spacial score (nSPS) is 15.4. The van der Waals surface area contributed by atoms with Crippen molar-refractivity contribution >= 4 is 16.9 Å². The molecule has 0 unspecified atom stereocenters. The van der Waals surface area contributed by atoms with Gasteiger partial charge >= 0.3 is 0 Å². The number of nitrogens with zero attached hydrogens (tertiary/aromatic N) is 4. The van der Waals surface area contributed by atoms with E-state index in [-0.39, 0.29) is 5.69 Å². The Hall–Kier alpha value is -2.09. The second-order valence-corrected chi connectivity index (χ2v) is 3.76. The standard InChI is InChI=1S/C10H9N5/c11-4-9-7(12)3-8-10(14-9)15(5-13-8)6-1-2-6/h3,5-6H,1-2,12H2. The van der Waals surface area contributed by atoms with Crippen LogP contribution >= 0.6 is 0 Å². The van der Waals surface area contributed by atoms with Gasteiger partial charge in [-0.1, -0.05) is 0 Å². The van der Waals surface area contributed by atoms with E-state index in [2.05, 4.69) is 9.97 Å². The molecule has 0 aromatic carbocycles. The molecule has 2 heterocycles. The molecule has 0 bridgehead atoms. The third-order valence-corrected chi connectivity index (χ3v) is 2.62. The first kappa shape index (κ1) is 8.24. The van der Waals surface area contributed by atoms with Gasteiger partial charge in [-0.15, -0.1) is 0 Å². The van der Waals surface area contributed by atoms with Gasteiger partial charge in [0.05, 0.1) is 12.0 Å². The van der Waals surface area contributed by atoms with Crippen LogP contribution in [0.3, 0.4) is 0 Å². The number of nitrogens with two attached hydrogens (primary N) is 1. The van der Waals surface area contributed by atoms with Gasteiger partial charge in [-0.3, -0.25) is 0 Å². The molecule has 2 N–H and O–H groups in total. The van der Waals surface area contributed by atoms with Crippen LogP contribution in [-0.4, -0.2) is 14.5 Å². The van der Waals surface area contributed by atoms with Crippen molar-refractivity contribution in [2.45, 2.75) is 18.9 Å². The predicted molar refractivity (Wildman–Crippen MR) is 54.9 cm³/mol. The average molecular weight is 199 g/mol. The molecule has 0 radical (unpaired) electrons. The Morgan fingerprint density at radius 1 is 1.53 bits per heavy atom. The van der Waals surface area contributed by atoms with Crippen LogP contribution in [0.2, 0.25) is 0 Å². The summed E-state index contributed by atoms with van der Waals surface area (Å²) >= 11 is 0. The van der Waals surface area contributed by atoms with E-state index in [9.17, 15) is 0 Å². The molecule has 3 rings (SSSR count). The molecule has 74 valence electrons. The van der Waals surface area contributed by atoms with Crippen LogP contribution < -0.4 is 5.73 Å². The number of hydrogen-bond acceptors (Lipinski definition) is 4. The highest BCUT2D eigenvalue weighted by molar-refractivity contribution is 5.77. The molecular weight excluding hydrogens is 190 g/mol. The van der Waals surface area contributed by atoms with E-state index < -0.39 is 0 Å². The van der Waals surface area contributed by atoms with Crippen molar-refractivity contribution in [3.8, 4) is 6.07 Å². The van der Waals surface area contributed by atoms with E-state index in [0.29, 0.717) is 11.7 Å². The lowest BCUT2D eigenvalue weighted by Crippen LogP contribution is -1.98. The molecule has 1 fully saturated rings. The number of rotatable bonds is 1. The SMILES string of the molecule is N#Cc1nc2c(cc1N)ncn2C1CC1. The van der Waals surface area contributed by atoms with Gasteiger partial charge in [0, 0.05) is 6.04 Å². The van der Waals surface area contributed by atoms with Gasteiger partial charge in [0.25, 0.3) is 0 Å². The molecule has 0 saturated heterocycles. The highest BCUT2D eigenvalue weighted by Crippen LogP contribution is 2.36. The lowest BCUT2D eigenvalue weighted by atomic mass is 10.3. The van der Waals surface area contributed by atoms with Crippen molar-refractivity contribution in [1.29, 1.82) is 5.26 Å². The number of nitrogen functional groups attached to an aromatic ring is 1. The topological polar surface area (TPSA) is 80.5 Å². The van der Waals surface area contributed by atoms with Crippen LogP contribution in [0.4, 0.5) is 5.69 Å². The highest BCUT2D eigenvalue weighted by Gasteiger charge is 2.25. The second kappa shape index (κ2) is 2.70. The van der Waals surface area contributed by atoms with E-state index in [0.717, 1.165) is 11.2 Å². The number of imidazole rings is 1. The molecule has 2 aromatic heterocycles. The zero-order valence-electron chi connectivity index (χ0n) is 8.01. The van der Waals surface area contributed by atoms with Gasteiger partial charge in [-0.25, -0.2) is 9.97 Å². The first-order chi connectivity index (χ1) is 7.29. The maximum Gasteiger partial charge on any atom is 0.165 e. The minimum atomic E-state index is 0.282. The molecule has 5 heteroatoms. The van der Waals surface area contributed by atoms with E-state index in [1.807, 2.05) is 10.6 Å². The number of pyridine rings is 1. The van der Waals surface area contributed by atoms with E-state index >= 15 is 0 Å². The van der Waals surface area contributed by atoms with Crippen molar-refractivity contribution in [1.82, 2.24) is 14.5 Å². The highest BCUT2D eigenvalue weighted by atomic mass is 15.1. The summed E-state index contributed by atoms with van der Waals surface area (Å²) in [5.41, 5.74) is 7.87. The molecule has 5 nitrogen and oxygen atoms in total. The summed E-state index contributed by atoms with van der Waals surface area (Å²) in [6.07, 6.45) is 4.11. The van der Waals surface area contributed by atoms with Crippen molar-refractivity contribution in [2.24, 2.45) is 0 Å². The Morgan fingerprint density at radius 2 is 2.33 bits per heavy atom. The van der Waals surface area contributed by atoms with Crippen LogP contribution in [0.15, 0.2) is 12.4 Å². The second-order valence-electron chi connectivity index (χ2n) is 3.76. The molecule has 0 amide bonds. The van der Waals surface area contributed by atoms with Gasteiger partial charge in [-0.05, 0) is 18.9 Å². The number of hydrogen-bond donors (Lipinski definition) is 1. The summed E-state index contributed by atoms with van der Waals surface area (Å²) in [4.78, 5) is 8.46. The third kappa shape index (κ3) is 1.15. The van der Waals surface area contributed by atoms with Crippen LogP contribution in [0.1, 0.15) is 24.6 Å². The van der Waals surface area contributed by atoms with E-state index in [1.54, 1.807) is 12.4 Å². The van der Waals surface area contributed by atoms with Crippen molar-refractivity contribution in [2.75, 3.05) is 5.73 Å². The zero-order valence-corrected chi connectivity index (χ0v) is 8.01. The molecule has 15 heavy (non-hydrogen) atoms. The number of anilines is 1. The largest absolute Gasteiger partial charge is 0.396 e. The van der Waals surface area contributed by atoms with Crippen molar-refractivity contribution < 1.29 is 0 Å². The van der Waals surface area contributed by atoms with Crippen LogP contribution in [0, 0.1) is 11.3 Å². The fourth-order valence-electron chi connectivity index (χ4n) is 1.68. The van der Waals surface area contributed by atoms with Gasteiger partial charge in [0.2, 0.25) is 0 Å². The van der Waals surface area contributed by atoms with Crippen LogP contribution in [0.5, 0.6) is 0 Å². The quantitative estimate of drug-likeness (QED) is 0.748. The number of nitriles is 1. The monoisotopic (exact) mass is 199 g/mol. The van der Waals surface area contributed by atoms with Gasteiger partial charge < -0.3 is 10.3 Å². The molecule has 1 saturated carbocycles. The lowest BCUT2D eigenvalue weighted by molar-refractivity contribution is 0.757. The average Bonchev–Trinajstić information content (AvgIpc) is 2.99. The van der Waals surface area contributed by atoms with E-state index in [4.69, 9.17) is 11.0 Å². The van der Waals surface area contributed by atoms with Crippen LogP contribution in [-0.2, 0) is 0 Å². The van der Waals surface area contributed by atoms with Crippen molar-refractivity contribution in [3.63, 3.8) is 0 Å². The first-order valence-electron chi connectivity index (χ1n) is 4.83. The molecule has 1 aliphatic carbocycles. The Morgan fingerprint density at radius 3 is 3.00 bits per heavy atom. The Bertz CT molecular complexity index is 573. The number of fused-ring (bicyclic) bond motifs is 1. The summed E-state index contributed by atoms with van der Waals surface area (Å²) in [5.74, 6) is 0. The zero-order chi connectivity index (χ0) is 10.4. The minimum absolute atomic E-state index is 0.282. The summed E-state index contributed by atoms with van der Waals surface area (Å²) in [7, 11) is 0. The molecular formula is C10H9N5. The smallest absolute Gasteiger partial charge is 0.165 e. The van der Waals surface area contributed by atoms with Crippen LogP contribution in [0.25, 0.3) is 11.2 Å². The predicted octanol–water partition coefficient (Wildman–Crippen LogP) is 1.22. The summed E-state index contributed by atoms with van der Waals surface area (Å²) in [5, 5.41) is 8.84. The first-order valence-corrected chi connectivity index (χ1v) is 4.83. The van der Waals surface area contributed by atoms with Gasteiger partial charge in [0.15, 0.2) is 11.3 Å². The summed E-state index contributed by atoms with van der Waals surface area (Å²) in [6, 6.07) is 4.21. The Kier molecular flexibility index (Phi) is 1.48. The van der Waals surface area contributed by atoms with E-state index in [1.165, 1.54) is 12.8 Å². The lowest BCUT2D eigenvalue weighted by Gasteiger charge is -2.01. The third-order valence-electron chi connectivity index (χ3n) is 2.62. The maximum absolute atomic E-state index is 8.84. The Balaban J connectivity index is 2.29. The molecule has 0 atom stereocenters. The molecule has 0 spiro atoms. The fourth-order valence-corrected chi connectivity index (χ4v) is 1.68. The fraction of sp³-hybridized carbons (Fsp3) is 0.300.